The van der Waals surface area contributed by atoms with Gasteiger partial charge in [-0.2, -0.15) is 4.98 Å². The van der Waals surface area contributed by atoms with E-state index >= 15 is 8.78 Å². The van der Waals surface area contributed by atoms with E-state index in [9.17, 15) is 34.2 Å². The molecular weight excluding hydrogens is 1170 g/mol. The fourth-order valence-corrected chi connectivity index (χ4v) is 11.2. The Labute approximate surface area is 482 Å². The standard InChI is InChI=1S/C56H71F2IN10O10S/c1-8-44(73)67-18-20-68(21-19-67)52-38-29-40(59)47(46-39(57)10-9-11-42(46)71)48(58)49(38)64-55(65-52)60-17-16-45(74)66(7)22-23-77-24-25-78-26-27-79-31-43(72)63-51(56(4,5)6)54(76)69-30-37(70)28-41(69)53(75)62-33(2)35-12-14-36(15-13-35)50-34(3)61-32-80-50/h8-10,12-15,29,32-33,37,41-42,51,70-71H,1,11,16-28,30-31H2,2-7H3,(H,62,75)(H,63,72)(H,60,64,65)/t33-,37+,41-,42+,51+/m0/s1. The number of hydrogen-bond donors (Lipinski definition) is 5. The van der Waals surface area contributed by atoms with Crippen LogP contribution in [0.2, 0.25) is 0 Å². The molecule has 432 valence electrons. The summed E-state index contributed by atoms with van der Waals surface area (Å²) in [6.45, 7) is 15.2. The van der Waals surface area contributed by atoms with Crippen LogP contribution in [0.15, 0.2) is 66.5 Å². The van der Waals surface area contributed by atoms with Crippen LogP contribution in [0.4, 0.5) is 20.5 Å². The van der Waals surface area contributed by atoms with Crippen LogP contribution in [0.3, 0.4) is 0 Å². The summed E-state index contributed by atoms with van der Waals surface area (Å²) in [7, 11) is 1.64. The summed E-state index contributed by atoms with van der Waals surface area (Å²) in [6, 6.07) is 7.18. The predicted octanol–water partition coefficient (Wildman–Crippen LogP) is 5.32. The molecule has 2 fully saturated rings. The van der Waals surface area contributed by atoms with Gasteiger partial charge < -0.3 is 60.0 Å². The lowest BCUT2D eigenvalue weighted by molar-refractivity contribution is -0.144. The fraction of sp³-hybridized carbons (Fsp3) is 0.500. The number of thiazole rings is 1. The van der Waals surface area contributed by atoms with Crippen molar-refractivity contribution in [2.75, 3.05) is 103 Å². The number of aromatic nitrogens is 3. The van der Waals surface area contributed by atoms with Gasteiger partial charge in [0.15, 0.2) is 5.82 Å². The maximum absolute atomic E-state index is 16.6. The number of ether oxygens (including phenoxy) is 3. The van der Waals surface area contributed by atoms with E-state index in [4.69, 9.17) is 19.2 Å². The largest absolute Gasteiger partial charge is 0.391 e. The molecule has 0 unspecified atom stereocenters. The fourth-order valence-electron chi connectivity index (χ4n) is 9.59. The molecule has 5 atom stereocenters. The number of benzene rings is 2. The summed E-state index contributed by atoms with van der Waals surface area (Å²) in [4.78, 5) is 87.3. The molecule has 80 heavy (non-hydrogen) atoms. The van der Waals surface area contributed by atoms with Crippen LogP contribution in [-0.2, 0) is 38.2 Å². The van der Waals surface area contributed by atoms with Crippen molar-refractivity contribution in [1.82, 2.24) is 40.3 Å². The van der Waals surface area contributed by atoms with E-state index in [1.54, 1.807) is 55.6 Å². The Morgan fingerprint density at radius 1 is 0.988 bits per heavy atom. The number of aliphatic hydroxyl groups is 2. The van der Waals surface area contributed by atoms with Gasteiger partial charge in [-0.15, -0.1) is 11.3 Å². The van der Waals surface area contributed by atoms with Crippen molar-refractivity contribution in [2.24, 2.45) is 5.41 Å². The molecule has 5 amide bonds. The number of carbonyl (C=O) groups is 5. The lowest BCUT2D eigenvalue weighted by Gasteiger charge is -2.35. The SMILES string of the molecule is C=CC(=O)N1CCN(c2nc(NCCC(=O)N(C)CCOCCOCCOCC(=O)N[C@H](C(=O)N3C[C@H](O)C[C@H]3C(=O)N[C@@H](C)c3ccc(-c4scnc4C)cc3)C(C)(C)C)nc3c(F)c(C4=C(F)C=CC[C@H]4O)c(I)cc23)CC1. The Balaban J connectivity index is 0.810. The number of carbonyl (C=O) groups excluding carboxylic acids is 5. The molecule has 20 nitrogen and oxygen atoms in total. The Morgan fingerprint density at radius 3 is 2.33 bits per heavy atom. The maximum Gasteiger partial charge on any atom is 0.246 e. The average Bonchev–Trinajstić information content (AvgIpc) is 4.08. The number of β-amino-alcohol motifs (C(OH)–C–C–N with tert-alkyl or cyclic N) is 1. The number of nitrogens with zero attached hydrogens (tertiary/aromatic N) is 7. The molecule has 1 aliphatic carbocycles. The third-order valence-electron chi connectivity index (χ3n) is 14.1. The average molecular weight is 1240 g/mol. The number of allylic oxidation sites excluding steroid dienone is 2. The Morgan fingerprint density at radius 2 is 1.68 bits per heavy atom. The van der Waals surface area contributed by atoms with Gasteiger partial charge in [-0.1, -0.05) is 57.7 Å². The number of anilines is 2. The normalized spacial score (nSPS) is 18.3. The monoisotopic (exact) mass is 1240 g/mol. The van der Waals surface area contributed by atoms with E-state index in [0.717, 1.165) is 21.7 Å². The van der Waals surface area contributed by atoms with E-state index in [1.165, 1.54) is 28.0 Å². The highest BCUT2D eigenvalue weighted by Gasteiger charge is 2.45. The van der Waals surface area contributed by atoms with Crippen LogP contribution < -0.4 is 20.9 Å². The quantitative estimate of drug-likeness (QED) is 0.0339. The number of fused-ring (bicyclic) bond motifs is 1. The van der Waals surface area contributed by atoms with Crippen LogP contribution in [0.25, 0.3) is 26.9 Å². The molecule has 2 aromatic carbocycles. The highest BCUT2D eigenvalue weighted by molar-refractivity contribution is 14.1. The van der Waals surface area contributed by atoms with Crippen LogP contribution in [0, 0.1) is 21.7 Å². The summed E-state index contributed by atoms with van der Waals surface area (Å²) in [6.07, 6.45) is 2.00. The number of halogens is 3. The molecule has 7 rings (SSSR count). The summed E-state index contributed by atoms with van der Waals surface area (Å²) < 4.78 is 48.9. The lowest BCUT2D eigenvalue weighted by Crippen LogP contribution is -2.58. The molecule has 2 saturated heterocycles. The van der Waals surface area contributed by atoms with Crippen molar-refractivity contribution in [3.05, 3.63) is 92.7 Å². The van der Waals surface area contributed by atoms with Crippen molar-refractivity contribution in [2.45, 2.75) is 84.2 Å². The molecule has 0 radical (unpaired) electrons. The predicted molar refractivity (Wildman–Crippen MR) is 309 cm³/mol. The van der Waals surface area contributed by atoms with Crippen LogP contribution >= 0.6 is 33.9 Å². The summed E-state index contributed by atoms with van der Waals surface area (Å²) in [5.41, 5.74) is 3.56. The maximum atomic E-state index is 16.6. The van der Waals surface area contributed by atoms with Gasteiger partial charge in [-0.3, -0.25) is 24.0 Å². The first-order chi connectivity index (χ1) is 38.2. The summed E-state index contributed by atoms with van der Waals surface area (Å²) in [5.74, 6) is -2.95. The number of rotatable bonds is 24. The van der Waals surface area contributed by atoms with Crippen molar-refractivity contribution in [1.29, 1.82) is 0 Å². The first kappa shape index (κ1) is 61.6. The number of hydrogen-bond acceptors (Lipinski definition) is 16. The molecule has 4 heterocycles. The van der Waals surface area contributed by atoms with Crippen LogP contribution in [-0.4, -0.2) is 186 Å². The highest BCUT2D eigenvalue weighted by Crippen LogP contribution is 2.39. The van der Waals surface area contributed by atoms with Gasteiger partial charge >= 0.3 is 0 Å². The minimum atomic E-state index is -1.25. The zero-order valence-corrected chi connectivity index (χ0v) is 48.9. The topological polar surface area (TPSA) is 241 Å². The van der Waals surface area contributed by atoms with Crippen LogP contribution in [0.1, 0.15) is 69.8 Å². The molecule has 5 N–H and O–H groups in total. The first-order valence-corrected chi connectivity index (χ1v) is 28.5. The molecule has 0 bridgehead atoms. The van der Waals surface area contributed by atoms with E-state index < -0.39 is 59.1 Å². The Kier molecular flexibility index (Phi) is 21.6. The molecule has 4 aromatic rings. The molecular formula is C56H71F2IN10O10S. The van der Waals surface area contributed by atoms with Crippen molar-refractivity contribution < 1.29 is 57.2 Å². The Hall–Kier alpha value is -6.03. The third-order valence-corrected chi connectivity index (χ3v) is 15.9. The second kappa shape index (κ2) is 28.1. The third kappa shape index (κ3) is 15.5. The van der Waals surface area contributed by atoms with Crippen molar-refractivity contribution >= 4 is 91.7 Å². The minimum Gasteiger partial charge on any atom is -0.391 e. The number of likely N-dealkylation sites (N-methyl/N-ethyl adjacent to an activating group) is 1. The highest BCUT2D eigenvalue weighted by atomic mass is 127. The molecule has 24 heteroatoms. The smallest absolute Gasteiger partial charge is 0.246 e. The van der Waals surface area contributed by atoms with Gasteiger partial charge in [0.05, 0.1) is 67.4 Å². The number of piperazine rings is 1. The van der Waals surface area contributed by atoms with Crippen molar-refractivity contribution in [3.63, 3.8) is 0 Å². The zero-order chi connectivity index (χ0) is 57.8. The molecule has 2 aliphatic heterocycles. The van der Waals surface area contributed by atoms with E-state index in [1.807, 2.05) is 65.6 Å². The van der Waals surface area contributed by atoms with Crippen LogP contribution in [0.5, 0.6) is 0 Å². The first-order valence-electron chi connectivity index (χ1n) is 26.6. The van der Waals surface area contributed by atoms with Gasteiger partial charge in [0.2, 0.25) is 35.5 Å². The second-order valence-corrected chi connectivity index (χ2v) is 22.9. The summed E-state index contributed by atoms with van der Waals surface area (Å²) >= 11 is 3.48. The second-order valence-electron chi connectivity index (χ2n) is 20.9. The van der Waals surface area contributed by atoms with Gasteiger partial charge in [-0.05, 0) is 77.6 Å². The molecule has 0 saturated carbocycles. The lowest BCUT2D eigenvalue weighted by atomic mass is 9.85. The van der Waals surface area contributed by atoms with Gasteiger partial charge in [-0.25, -0.2) is 18.7 Å². The number of nitrogens with one attached hydrogen (secondary N) is 3. The van der Waals surface area contributed by atoms with E-state index in [-0.39, 0.29) is 119 Å². The number of likely N-dealkylation sites (tertiary alicyclic amines) is 1. The number of amides is 5. The van der Waals surface area contributed by atoms with E-state index in [2.05, 4.69) is 32.5 Å². The Bertz CT molecular complexity index is 2950. The van der Waals surface area contributed by atoms with Gasteiger partial charge in [0.25, 0.3) is 0 Å². The summed E-state index contributed by atoms with van der Waals surface area (Å²) in [5, 5.41) is 30.6. The molecule has 2 aromatic heterocycles. The number of aliphatic hydroxyl groups excluding tert-OH is 2. The minimum absolute atomic E-state index is 0.0360. The van der Waals surface area contributed by atoms with E-state index in [0.29, 0.717) is 41.0 Å². The van der Waals surface area contributed by atoms with Gasteiger partial charge in [0, 0.05) is 85.8 Å². The number of aryl methyl sites for hydroxylation is 1. The molecule has 0 spiro atoms. The van der Waals surface area contributed by atoms with Gasteiger partial charge in [0.1, 0.15) is 35.9 Å². The molecule has 3 aliphatic rings. The van der Waals surface area contributed by atoms with Crippen molar-refractivity contribution in [3.8, 4) is 10.4 Å². The zero-order valence-electron chi connectivity index (χ0n) is 45.9.